The molecule has 5 fully saturated rings. The van der Waals surface area contributed by atoms with Gasteiger partial charge in [-0.25, -0.2) is 0 Å². The average molecular weight is 1180 g/mol. The zero-order valence-corrected chi connectivity index (χ0v) is 48.7. The molecule has 1 aliphatic carbocycles. The summed E-state index contributed by atoms with van der Waals surface area (Å²) in [5.41, 5.74) is -1.51. The lowest BCUT2D eigenvalue weighted by molar-refractivity contribution is -0.334. The van der Waals surface area contributed by atoms with Gasteiger partial charge in [0.05, 0.1) is 65.9 Å². The van der Waals surface area contributed by atoms with E-state index in [1.807, 2.05) is 0 Å². The van der Waals surface area contributed by atoms with Crippen molar-refractivity contribution in [1.82, 2.24) is 0 Å². The van der Waals surface area contributed by atoms with Gasteiger partial charge in [-0.2, -0.15) is 0 Å². The summed E-state index contributed by atoms with van der Waals surface area (Å²) in [5, 5.41) is 90.1. The van der Waals surface area contributed by atoms with Crippen LogP contribution in [0, 0.1) is 12.8 Å². The largest absolute Gasteiger partial charge is 0.507 e. The molecule has 8 N–H and O–H groups in total. The van der Waals surface area contributed by atoms with Crippen molar-refractivity contribution in [3.63, 3.8) is 0 Å². The van der Waals surface area contributed by atoms with E-state index in [1.54, 1.807) is 27.7 Å². The van der Waals surface area contributed by atoms with Gasteiger partial charge in [-0.05, 0) is 84.9 Å². The number of Topliss-reactive ketones (excluding diaryl/α,β-unsaturated/α-hetero) is 2. The van der Waals surface area contributed by atoms with Crippen LogP contribution in [0.25, 0.3) is 10.8 Å². The first-order valence-corrected chi connectivity index (χ1v) is 28.2. The van der Waals surface area contributed by atoms with Gasteiger partial charge in [0, 0.05) is 71.7 Å². The van der Waals surface area contributed by atoms with Crippen LogP contribution in [0.3, 0.4) is 0 Å². The van der Waals surface area contributed by atoms with Gasteiger partial charge in [-0.1, -0.05) is 0 Å². The summed E-state index contributed by atoms with van der Waals surface area (Å²) in [5.74, 6) is -5.32. The Kier molecular flexibility index (Phi) is 20.5. The summed E-state index contributed by atoms with van der Waals surface area (Å²) in [6.07, 6.45) is -25.9. The lowest BCUT2D eigenvalue weighted by atomic mass is 9.75. The number of aliphatic hydroxyl groups excluding tert-OH is 5. The van der Waals surface area contributed by atoms with Crippen LogP contribution >= 0.6 is 0 Å². The van der Waals surface area contributed by atoms with Crippen molar-refractivity contribution in [1.29, 1.82) is 0 Å². The lowest BCUT2D eigenvalue weighted by Gasteiger charge is -2.46. The third kappa shape index (κ3) is 13.9. The molecule has 466 valence electrons. The number of phenols is 2. The highest BCUT2D eigenvalue weighted by molar-refractivity contribution is 6.11. The van der Waals surface area contributed by atoms with Gasteiger partial charge in [0.15, 0.2) is 48.9 Å². The standard InChI is InChI=1S/C57H82O26/c1-21-34(79-40-19-37(53(26(6)75-40)77-28(8)59)82-38-16-33(61)52(70-11)25(5)74-38)15-31-13-30-14-32(54(71-12)51(68)46(63)22(2)58)55(50(67)44(30)49(66)43(31)45(21)62)83-41-18-35(47(64)24(4)73-41)80-39-17-36(48(65)23(3)72-39)81-42-20-57(10,69)56(27(7)76-42)78-29(9)60/h13,15,22-27,32-33,35-42,46-48,52-56,58,61-66,69H,14,16-20H2,1-12H3/t22-,23+,24-,25-,26+,27-,32-,33-,35+,36-,37-,38-,39+,40+,41-,42+,46-,47+,48+,52+,53+,54-,55-,56+,57-/m0/s1. The second-order valence-electron chi connectivity index (χ2n) is 23.1. The van der Waals surface area contributed by atoms with Crippen molar-refractivity contribution in [2.75, 3.05) is 14.2 Å². The summed E-state index contributed by atoms with van der Waals surface area (Å²) in [6, 6.07) is 3.04. The normalized spacial score (nSPS) is 39.7. The number of aliphatic hydroxyl groups is 6. The minimum Gasteiger partial charge on any atom is -0.507 e. The monoisotopic (exact) mass is 1180 g/mol. The predicted molar refractivity (Wildman–Crippen MR) is 282 cm³/mol. The number of methoxy groups -OCH3 is 2. The number of carbonyl (C=O) groups is 4. The van der Waals surface area contributed by atoms with Gasteiger partial charge in [0.2, 0.25) is 6.29 Å². The summed E-state index contributed by atoms with van der Waals surface area (Å²) in [7, 11) is 2.64. The molecule has 5 heterocycles. The highest BCUT2D eigenvalue weighted by Crippen LogP contribution is 2.48. The Morgan fingerprint density at radius 3 is 1.78 bits per heavy atom. The van der Waals surface area contributed by atoms with Crippen LogP contribution < -0.4 is 4.74 Å². The molecule has 26 heteroatoms. The second-order valence-corrected chi connectivity index (χ2v) is 23.1. The Bertz CT molecular complexity index is 2620. The van der Waals surface area contributed by atoms with E-state index in [0.717, 1.165) is 0 Å². The quantitative estimate of drug-likeness (QED) is 0.0982. The van der Waals surface area contributed by atoms with Crippen molar-refractivity contribution in [2.45, 2.75) is 255 Å². The third-order valence-corrected chi connectivity index (χ3v) is 16.6. The molecule has 0 unspecified atom stereocenters. The van der Waals surface area contributed by atoms with Gasteiger partial charge in [-0.3, -0.25) is 19.2 Å². The number of carbonyl (C=O) groups excluding carboxylic acids is 4. The number of aromatic hydroxyl groups is 2. The molecule has 2 aromatic carbocycles. The fourth-order valence-corrected chi connectivity index (χ4v) is 12.4. The second kappa shape index (κ2) is 26.4. The summed E-state index contributed by atoms with van der Waals surface area (Å²) in [4.78, 5) is 53.2. The number of benzene rings is 2. The molecule has 2 aromatic rings. The van der Waals surface area contributed by atoms with Crippen LogP contribution in [0.5, 0.6) is 17.2 Å². The van der Waals surface area contributed by atoms with E-state index in [-0.39, 0.29) is 71.7 Å². The highest BCUT2D eigenvalue weighted by atomic mass is 16.7. The number of fused-ring (bicyclic) bond motifs is 2. The Balaban J connectivity index is 1.04. The fraction of sp³-hybridized carbons (Fsp3) is 0.754. The van der Waals surface area contributed by atoms with Crippen LogP contribution in [-0.2, 0) is 82.4 Å². The number of hydrogen-bond donors (Lipinski definition) is 8. The van der Waals surface area contributed by atoms with Gasteiger partial charge in [0.1, 0.15) is 65.6 Å². The zero-order valence-electron chi connectivity index (χ0n) is 48.7. The number of ether oxygens (including phenoxy) is 14. The molecule has 0 amide bonds. The minimum absolute atomic E-state index is 0.0251. The maximum Gasteiger partial charge on any atom is 0.303 e. The first-order chi connectivity index (χ1) is 39.0. The van der Waals surface area contributed by atoms with E-state index in [2.05, 4.69) is 0 Å². The summed E-state index contributed by atoms with van der Waals surface area (Å²) < 4.78 is 84.2. The van der Waals surface area contributed by atoms with Crippen molar-refractivity contribution in [3.8, 4) is 17.2 Å². The molecule has 8 rings (SSSR count). The van der Waals surface area contributed by atoms with E-state index in [1.165, 1.54) is 67.9 Å². The third-order valence-electron chi connectivity index (χ3n) is 16.6. The van der Waals surface area contributed by atoms with E-state index in [4.69, 9.17) is 66.3 Å². The Labute approximate surface area is 480 Å². The Hall–Kier alpha value is -4.30. The molecule has 25 atom stereocenters. The van der Waals surface area contributed by atoms with Crippen molar-refractivity contribution in [2.24, 2.45) is 5.92 Å². The van der Waals surface area contributed by atoms with Gasteiger partial charge >= 0.3 is 11.9 Å². The molecular weight excluding hydrogens is 1100 g/mol. The minimum atomic E-state index is -1.96. The molecule has 0 saturated carbocycles. The maximum absolute atomic E-state index is 15.1. The molecule has 83 heavy (non-hydrogen) atoms. The smallest absolute Gasteiger partial charge is 0.303 e. The van der Waals surface area contributed by atoms with Crippen LogP contribution in [0.4, 0.5) is 0 Å². The number of hydrogen-bond acceptors (Lipinski definition) is 26. The molecule has 0 bridgehead atoms. The van der Waals surface area contributed by atoms with E-state index in [9.17, 15) is 55.2 Å². The Morgan fingerprint density at radius 2 is 1.22 bits per heavy atom. The fourth-order valence-electron chi connectivity index (χ4n) is 12.4. The average Bonchev–Trinajstić information content (AvgIpc) is 3.47. The first-order valence-electron chi connectivity index (χ1n) is 28.2. The van der Waals surface area contributed by atoms with Gasteiger partial charge in [0.25, 0.3) is 0 Å². The first kappa shape index (κ1) is 64.7. The predicted octanol–water partition coefficient (Wildman–Crippen LogP) is 1.55. The number of esters is 2. The number of ketones is 2. The lowest BCUT2D eigenvalue weighted by Crippen LogP contribution is -2.59. The van der Waals surface area contributed by atoms with Crippen molar-refractivity contribution >= 4 is 34.3 Å². The van der Waals surface area contributed by atoms with E-state index >= 15 is 4.79 Å². The molecule has 0 aromatic heterocycles. The number of phenolic OH excluding ortho intramolecular Hbond substituents is 2. The number of rotatable bonds is 18. The van der Waals surface area contributed by atoms with Crippen LogP contribution in [0.2, 0.25) is 0 Å². The van der Waals surface area contributed by atoms with Gasteiger partial charge in [-0.15, -0.1) is 0 Å². The van der Waals surface area contributed by atoms with E-state index < -0.39 is 188 Å². The maximum atomic E-state index is 15.1. The van der Waals surface area contributed by atoms with Crippen molar-refractivity contribution < 1.29 is 126 Å². The van der Waals surface area contributed by atoms with Crippen LogP contribution in [0.15, 0.2) is 12.1 Å². The molecule has 5 aliphatic heterocycles. The molecule has 5 saturated heterocycles. The van der Waals surface area contributed by atoms with Crippen molar-refractivity contribution in [3.05, 3.63) is 28.8 Å². The Morgan fingerprint density at radius 1 is 0.687 bits per heavy atom. The van der Waals surface area contributed by atoms with Crippen LogP contribution in [0.1, 0.15) is 116 Å². The molecule has 0 spiro atoms. The molecular formula is C57H82O26. The zero-order chi connectivity index (χ0) is 60.8. The van der Waals surface area contributed by atoms with E-state index in [0.29, 0.717) is 0 Å². The highest BCUT2D eigenvalue weighted by Gasteiger charge is 2.52. The topological polar surface area (TPSA) is 359 Å². The molecule has 6 aliphatic rings. The summed E-state index contributed by atoms with van der Waals surface area (Å²) >= 11 is 0. The molecule has 26 nitrogen and oxygen atoms in total. The molecule has 0 radical (unpaired) electrons. The SMILES string of the molecule is CO[C@@H]1[C@H](C)O[C@@H](O[C@H]2C[C@@H](Oc3cc4cc5c(c(O)c4c(O)c3C)C(=O)[C@@H](O[C@H]3C[C@@H](O[C@@H]4C[C@H](O[C@@H]6C[C@](C)(O)[C@H](OC(C)=O)[C@H](C)O6)[C@H](O)[C@@H](C)O4)[C@H](O)[C@H](C)O3)[C@H]([C@H](OC)C(=O)[C@@H](O)[C@H](C)O)C5)O[C@H](C)[C@H]2OC(C)=O)C[C@@H]1O. The summed E-state index contributed by atoms with van der Waals surface area (Å²) in [6.45, 7) is 14.8. The van der Waals surface area contributed by atoms with Crippen LogP contribution in [-0.4, -0.2) is 225 Å². The van der Waals surface area contributed by atoms with Gasteiger partial charge < -0.3 is 107 Å².